The first kappa shape index (κ1) is 38.2. The highest BCUT2D eigenvalue weighted by Crippen LogP contribution is 2.02. The van der Waals surface area contributed by atoms with Crippen molar-refractivity contribution in [3.8, 4) is 0 Å². The summed E-state index contributed by atoms with van der Waals surface area (Å²) in [6.07, 6.45) is 5.80. The number of aldehydes is 3. The minimum absolute atomic E-state index is 0.207. The Morgan fingerprint density at radius 1 is 0.730 bits per heavy atom. The van der Waals surface area contributed by atoms with E-state index in [0.717, 1.165) is 18.9 Å². The van der Waals surface area contributed by atoms with Crippen LogP contribution < -0.4 is 16.0 Å². The minimum Gasteiger partial charge on any atom is -0.450 e. The van der Waals surface area contributed by atoms with Crippen molar-refractivity contribution in [3.05, 3.63) is 0 Å². The van der Waals surface area contributed by atoms with Gasteiger partial charge in [0.1, 0.15) is 31.7 Å². The van der Waals surface area contributed by atoms with Crippen LogP contribution in [0.15, 0.2) is 0 Å². The maximum absolute atomic E-state index is 12.3. The average Bonchev–Trinajstić information content (AvgIpc) is 2.89. The molecule has 0 saturated heterocycles. The van der Waals surface area contributed by atoms with Gasteiger partial charge < -0.3 is 49.3 Å². The zero-order valence-corrected chi connectivity index (χ0v) is 22.0. The van der Waals surface area contributed by atoms with E-state index in [9.17, 15) is 28.8 Å². The van der Waals surface area contributed by atoms with Crippen LogP contribution in [-0.2, 0) is 38.2 Å². The number of unbranched alkanes of at least 4 members (excludes halogenated alkanes) is 4. The molecule has 0 aromatic heterocycles. The predicted molar refractivity (Wildman–Crippen MR) is 135 cm³/mol. The van der Waals surface area contributed by atoms with Crippen LogP contribution >= 0.6 is 0 Å². The number of ether oxygens (including phenoxy) is 3. The van der Waals surface area contributed by atoms with Gasteiger partial charge in [0.25, 0.3) is 0 Å². The van der Waals surface area contributed by atoms with E-state index in [1.165, 1.54) is 0 Å². The first-order valence-electron chi connectivity index (χ1n) is 12.3. The summed E-state index contributed by atoms with van der Waals surface area (Å²) in [7, 11) is 0. The maximum Gasteiger partial charge on any atom is 0.407 e. The summed E-state index contributed by atoms with van der Waals surface area (Å²) in [5.41, 5.74) is 0. The summed E-state index contributed by atoms with van der Waals surface area (Å²) in [6, 6.07) is -0.739. The van der Waals surface area contributed by atoms with Crippen LogP contribution in [0, 0.1) is 0 Å². The van der Waals surface area contributed by atoms with Gasteiger partial charge in [-0.15, -0.1) is 0 Å². The molecular weight excluding hydrogens is 490 g/mol. The molecule has 0 aliphatic heterocycles. The van der Waals surface area contributed by atoms with Crippen LogP contribution in [0.2, 0.25) is 0 Å². The molecule has 37 heavy (non-hydrogen) atoms. The molecule has 214 valence electrons. The summed E-state index contributed by atoms with van der Waals surface area (Å²) in [5, 5.41) is 7.84. The van der Waals surface area contributed by atoms with E-state index in [0.29, 0.717) is 84.3 Å². The van der Waals surface area contributed by atoms with Gasteiger partial charge in [0.05, 0.1) is 19.8 Å². The Morgan fingerprint density at radius 2 is 1.30 bits per heavy atom. The summed E-state index contributed by atoms with van der Waals surface area (Å²) < 4.78 is 14.9. The molecule has 0 aliphatic carbocycles. The third-order valence-electron chi connectivity index (χ3n) is 4.15. The molecule has 0 rings (SSSR count). The average molecular weight is 534 g/mol. The molecule has 3 amide bonds. The second-order valence-corrected chi connectivity index (χ2v) is 7.04. The molecule has 0 saturated carbocycles. The normalized spacial score (nSPS) is 10.1. The van der Waals surface area contributed by atoms with Gasteiger partial charge in [-0.05, 0) is 46.0 Å². The highest BCUT2D eigenvalue weighted by Gasteiger charge is 2.20. The number of hydrogen-bond donors (Lipinski definition) is 3. The van der Waals surface area contributed by atoms with Crippen molar-refractivity contribution in [3.63, 3.8) is 0 Å². The SMILES string of the molecule is C=O.CCOC(=O)NCCCCC(NC(=O)OCC)C(=O)NCCOCCCC=O.O=CCCCC=O. The highest BCUT2D eigenvalue weighted by atomic mass is 16.6. The summed E-state index contributed by atoms with van der Waals surface area (Å²) in [6.45, 7) is 7.40. The molecule has 0 aromatic carbocycles. The Labute approximate surface area is 218 Å². The van der Waals surface area contributed by atoms with Crippen LogP contribution in [0.4, 0.5) is 9.59 Å². The first-order valence-corrected chi connectivity index (χ1v) is 12.3. The Morgan fingerprint density at radius 3 is 1.86 bits per heavy atom. The molecule has 13 heteroatoms. The van der Waals surface area contributed by atoms with E-state index in [-0.39, 0.29) is 12.5 Å². The van der Waals surface area contributed by atoms with E-state index < -0.39 is 18.2 Å². The maximum atomic E-state index is 12.3. The molecule has 0 aromatic rings. The van der Waals surface area contributed by atoms with Crippen molar-refractivity contribution in [1.29, 1.82) is 0 Å². The van der Waals surface area contributed by atoms with Gasteiger partial charge >= 0.3 is 12.2 Å². The zero-order chi connectivity index (χ0) is 28.6. The Kier molecular flexibility index (Phi) is 33.7. The molecule has 1 unspecified atom stereocenters. The van der Waals surface area contributed by atoms with Crippen molar-refractivity contribution in [2.24, 2.45) is 0 Å². The third kappa shape index (κ3) is 30.6. The summed E-state index contributed by atoms with van der Waals surface area (Å²) >= 11 is 0. The second-order valence-electron chi connectivity index (χ2n) is 7.04. The quantitative estimate of drug-likeness (QED) is 0.153. The number of hydrogen-bond acceptors (Lipinski definition) is 10. The Hall–Kier alpha value is -3.35. The lowest BCUT2D eigenvalue weighted by molar-refractivity contribution is -0.123. The monoisotopic (exact) mass is 533 g/mol. The number of alkyl carbamates (subject to hydrolysis) is 2. The van der Waals surface area contributed by atoms with Crippen molar-refractivity contribution in [2.45, 2.75) is 71.3 Å². The number of nitrogens with one attached hydrogen (secondary N) is 3. The molecule has 0 spiro atoms. The van der Waals surface area contributed by atoms with E-state index in [1.54, 1.807) is 13.8 Å². The predicted octanol–water partition coefficient (Wildman–Crippen LogP) is 1.50. The third-order valence-corrected chi connectivity index (χ3v) is 4.15. The van der Waals surface area contributed by atoms with E-state index >= 15 is 0 Å². The molecule has 3 N–H and O–H groups in total. The van der Waals surface area contributed by atoms with Gasteiger partial charge in [-0.25, -0.2) is 9.59 Å². The fourth-order valence-electron chi connectivity index (χ4n) is 2.45. The van der Waals surface area contributed by atoms with Crippen molar-refractivity contribution in [2.75, 3.05) is 39.5 Å². The lowest BCUT2D eigenvalue weighted by Gasteiger charge is -2.18. The number of rotatable bonds is 20. The van der Waals surface area contributed by atoms with Crippen LogP contribution in [0.25, 0.3) is 0 Å². The van der Waals surface area contributed by atoms with Gasteiger partial charge in [-0.2, -0.15) is 0 Å². The topological polar surface area (TPSA) is 183 Å². The Bertz CT molecular complexity index is 597. The molecule has 0 aliphatic rings. The molecule has 0 bridgehead atoms. The lowest BCUT2D eigenvalue weighted by Crippen LogP contribution is -2.47. The number of amides is 3. The van der Waals surface area contributed by atoms with Crippen LogP contribution in [0.3, 0.4) is 0 Å². The smallest absolute Gasteiger partial charge is 0.407 e. The standard InChI is InChI=1S/C18H33N3O7.C5H8O2.CH2O/c1-3-27-17(24)20-10-6-5-9-15(21-18(25)28-4-2)16(23)19-11-14-26-13-8-7-12-22;6-4-2-1-3-5-7;1-2/h12,15H,3-11,13-14H2,1-2H3,(H,19,23)(H,20,24)(H,21,25);4-5H,1-3H2;1H2. The van der Waals surface area contributed by atoms with Gasteiger partial charge in [-0.1, -0.05) is 0 Å². The van der Waals surface area contributed by atoms with Crippen molar-refractivity contribution in [1.82, 2.24) is 16.0 Å². The minimum atomic E-state index is -0.739. The van der Waals surface area contributed by atoms with E-state index in [4.69, 9.17) is 19.0 Å². The van der Waals surface area contributed by atoms with Gasteiger partial charge in [0.15, 0.2) is 0 Å². The molecule has 0 fully saturated rings. The second kappa shape index (κ2) is 32.7. The van der Waals surface area contributed by atoms with Crippen LogP contribution in [0.1, 0.15) is 65.2 Å². The fourth-order valence-corrected chi connectivity index (χ4v) is 2.45. The van der Waals surface area contributed by atoms with Crippen LogP contribution in [-0.4, -0.2) is 89.3 Å². The largest absolute Gasteiger partial charge is 0.450 e. The number of carbonyl (C=O) groups is 7. The molecule has 0 radical (unpaired) electrons. The van der Waals surface area contributed by atoms with Gasteiger partial charge in [-0.3, -0.25) is 4.79 Å². The number of carbonyl (C=O) groups excluding carboxylic acids is 7. The van der Waals surface area contributed by atoms with E-state index in [1.807, 2.05) is 6.79 Å². The molecule has 13 nitrogen and oxygen atoms in total. The fraction of sp³-hybridized carbons (Fsp3) is 0.708. The summed E-state index contributed by atoms with van der Waals surface area (Å²) in [4.78, 5) is 72.5. The molecule has 1 atom stereocenters. The highest BCUT2D eigenvalue weighted by molar-refractivity contribution is 5.85. The molecule has 0 heterocycles. The molecular formula is C24H43N3O10. The van der Waals surface area contributed by atoms with Crippen molar-refractivity contribution < 1.29 is 47.8 Å². The van der Waals surface area contributed by atoms with Crippen LogP contribution in [0.5, 0.6) is 0 Å². The Balaban J connectivity index is -0.00000110. The first-order chi connectivity index (χ1) is 18.0. The van der Waals surface area contributed by atoms with Gasteiger partial charge in [0, 0.05) is 39.0 Å². The van der Waals surface area contributed by atoms with Crippen molar-refractivity contribution >= 4 is 43.7 Å². The summed E-state index contributed by atoms with van der Waals surface area (Å²) in [5.74, 6) is -0.331. The zero-order valence-electron chi connectivity index (χ0n) is 22.0. The lowest BCUT2D eigenvalue weighted by atomic mass is 10.1. The van der Waals surface area contributed by atoms with Gasteiger partial charge in [0.2, 0.25) is 5.91 Å². The van der Waals surface area contributed by atoms with E-state index in [2.05, 4.69) is 16.0 Å².